The number of alkyl halides is 3. The van der Waals surface area contributed by atoms with Crippen molar-refractivity contribution in [2.45, 2.75) is 12.6 Å². The van der Waals surface area contributed by atoms with Gasteiger partial charge in [-0.2, -0.15) is 13.2 Å². The smallest absolute Gasteiger partial charge is 0.363 e. The molecule has 0 saturated carbocycles. The van der Waals surface area contributed by atoms with E-state index in [1.165, 1.54) is 24.5 Å². The van der Waals surface area contributed by atoms with Crippen LogP contribution < -0.4 is 5.56 Å². The third kappa shape index (κ3) is 2.07. The second-order valence-corrected chi connectivity index (χ2v) is 4.20. The Morgan fingerprint density at radius 3 is 2.79 bits per heavy atom. The van der Waals surface area contributed by atoms with Crippen molar-refractivity contribution in [2.75, 3.05) is 0 Å². The number of hydrogen-bond acceptors (Lipinski definition) is 3. The maximum absolute atomic E-state index is 12.4. The summed E-state index contributed by atoms with van der Waals surface area (Å²) in [5, 5.41) is 4.42. The van der Waals surface area contributed by atoms with Crippen LogP contribution in [-0.4, -0.2) is 16.3 Å². The van der Waals surface area contributed by atoms with Gasteiger partial charge >= 0.3 is 6.18 Å². The Labute approximate surface area is 103 Å². The minimum Gasteiger partial charge on any atom is -0.363 e. The lowest BCUT2D eigenvalue weighted by atomic mass is 10.1. The van der Waals surface area contributed by atoms with Crippen LogP contribution in [0.15, 0.2) is 33.8 Å². The summed E-state index contributed by atoms with van der Waals surface area (Å²) in [6.45, 7) is 0. The predicted molar refractivity (Wildman–Crippen MR) is 61.9 cm³/mol. The van der Waals surface area contributed by atoms with Crippen LogP contribution in [0.25, 0.3) is 21.8 Å². The Hall–Kier alpha value is -2.31. The topological polar surface area (TPSA) is 58.9 Å². The molecule has 0 saturated heterocycles. The molecule has 4 nitrogen and oxygen atoms in total. The van der Waals surface area contributed by atoms with Gasteiger partial charge in [0.05, 0.1) is 11.8 Å². The molecule has 0 atom stereocenters. The zero-order valence-electron chi connectivity index (χ0n) is 9.41. The van der Waals surface area contributed by atoms with E-state index in [9.17, 15) is 18.0 Å². The summed E-state index contributed by atoms with van der Waals surface area (Å²) in [6, 6.07) is 4.17. The van der Waals surface area contributed by atoms with Gasteiger partial charge in [-0.25, -0.2) is 0 Å². The summed E-state index contributed by atoms with van der Waals surface area (Å²) >= 11 is 0. The molecular formula is C12H7F3N2O2. The van der Waals surface area contributed by atoms with Crippen molar-refractivity contribution in [1.29, 1.82) is 0 Å². The molecule has 19 heavy (non-hydrogen) atoms. The van der Waals surface area contributed by atoms with Crippen molar-refractivity contribution < 1.29 is 17.7 Å². The van der Waals surface area contributed by atoms with Crippen molar-refractivity contribution in [3.05, 3.63) is 40.4 Å². The normalized spacial score (nSPS) is 12.4. The highest BCUT2D eigenvalue weighted by molar-refractivity contribution is 6.03. The zero-order chi connectivity index (χ0) is 13.6. The number of aromatic amines is 1. The molecule has 2 heterocycles. The minimum absolute atomic E-state index is 0.0802. The molecule has 1 N–H and O–H groups in total. The molecule has 0 radical (unpaired) electrons. The van der Waals surface area contributed by atoms with Gasteiger partial charge < -0.3 is 9.51 Å². The monoisotopic (exact) mass is 268 g/mol. The lowest BCUT2D eigenvalue weighted by Gasteiger charge is -2.07. The molecule has 3 rings (SSSR count). The highest BCUT2D eigenvalue weighted by atomic mass is 19.4. The van der Waals surface area contributed by atoms with E-state index in [2.05, 4.69) is 10.1 Å². The van der Waals surface area contributed by atoms with Gasteiger partial charge in [0, 0.05) is 10.9 Å². The molecule has 0 unspecified atom stereocenters. The molecule has 0 amide bonds. The summed E-state index contributed by atoms with van der Waals surface area (Å²) in [6.07, 6.45) is -4.04. The second-order valence-electron chi connectivity index (χ2n) is 4.20. The zero-order valence-corrected chi connectivity index (χ0v) is 9.41. The molecule has 0 aliphatic carbocycles. The second kappa shape index (κ2) is 3.84. The van der Waals surface area contributed by atoms with Crippen molar-refractivity contribution in [3.63, 3.8) is 0 Å². The first-order valence-electron chi connectivity index (χ1n) is 5.40. The van der Waals surface area contributed by atoms with Crippen LogP contribution >= 0.6 is 0 Å². The lowest BCUT2D eigenvalue weighted by molar-refractivity contribution is -0.127. The first-order chi connectivity index (χ1) is 8.94. The number of H-pyrrole nitrogens is 1. The Kier molecular flexibility index (Phi) is 2.38. The van der Waals surface area contributed by atoms with E-state index in [0.717, 1.165) is 0 Å². The van der Waals surface area contributed by atoms with Crippen LogP contribution in [0.4, 0.5) is 13.2 Å². The number of benzene rings is 1. The van der Waals surface area contributed by atoms with E-state index < -0.39 is 18.2 Å². The van der Waals surface area contributed by atoms with Crippen molar-refractivity contribution in [2.24, 2.45) is 0 Å². The number of nitrogens with zero attached hydrogens (tertiary/aromatic N) is 1. The van der Waals surface area contributed by atoms with Gasteiger partial charge in [-0.15, -0.1) is 0 Å². The number of aromatic nitrogens is 2. The van der Waals surface area contributed by atoms with E-state index in [0.29, 0.717) is 16.3 Å². The van der Waals surface area contributed by atoms with Gasteiger partial charge in [-0.3, -0.25) is 4.79 Å². The van der Waals surface area contributed by atoms with Gasteiger partial charge in [0.2, 0.25) is 0 Å². The standard InChI is InChI=1S/C12H7F3N2O2/c13-12(14,15)4-6-1-2-9-7(3-6)8-5-19-17-10(8)11(18)16-9/h1-3,5H,4H2,(H,16,18). The van der Waals surface area contributed by atoms with E-state index in [-0.39, 0.29) is 11.1 Å². The van der Waals surface area contributed by atoms with Crippen LogP contribution in [0.3, 0.4) is 0 Å². The molecule has 2 aromatic heterocycles. The third-order valence-electron chi connectivity index (χ3n) is 2.81. The molecule has 3 aromatic rings. The first-order valence-corrected chi connectivity index (χ1v) is 5.40. The fraction of sp³-hybridized carbons (Fsp3) is 0.167. The Bertz CT molecular complexity index is 817. The average molecular weight is 268 g/mol. The maximum Gasteiger partial charge on any atom is 0.393 e. The highest BCUT2D eigenvalue weighted by Crippen LogP contribution is 2.26. The lowest BCUT2D eigenvalue weighted by Crippen LogP contribution is -2.11. The van der Waals surface area contributed by atoms with Crippen molar-refractivity contribution in [1.82, 2.24) is 10.1 Å². The number of hydrogen-bond donors (Lipinski definition) is 1. The maximum atomic E-state index is 12.4. The van der Waals surface area contributed by atoms with E-state index >= 15 is 0 Å². The molecule has 0 spiro atoms. The molecule has 0 aliphatic rings. The van der Waals surface area contributed by atoms with Gasteiger partial charge in [0.15, 0.2) is 5.52 Å². The Morgan fingerprint density at radius 2 is 2.05 bits per heavy atom. The number of nitrogens with one attached hydrogen (secondary N) is 1. The predicted octanol–water partition coefficient (Wildman–Crippen LogP) is 2.77. The first kappa shape index (κ1) is 11.8. The Balaban J connectivity index is 2.27. The van der Waals surface area contributed by atoms with Crippen molar-refractivity contribution >= 4 is 21.8 Å². The van der Waals surface area contributed by atoms with Gasteiger partial charge in [0.25, 0.3) is 5.56 Å². The SMILES string of the molecule is O=c1[nH]c2ccc(CC(F)(F)F)cc2c2conc12. The number of fused-ring (bicyclic) bond motifs is 3. The summed E-state index contributed by atoms with van der Waals surface area (Å²) in [5.41, 5.74) is 0.220. The third-order valence-corrected chi connectivity index (χ3v) is 2.81. The number of pyridine rings is 1. The van der Waals surface area contributed by atoms with Crippen LogP contribution in [-0.2, 0) is 6.42 Å². The largest absolute Gasteiger partial charge is 0.393 e. The molecule has 0 fully saturated rings. The molecule has 98 valence electrons. The van der Waals surface area contributed by atoms with Crippen LogP contribution in [0.1, 0.15) is 5.56 Å². The highest BCUT2D eigenvalue weighted by Gasteiger charge is 2.27. The molecule has 0 aliphatic heterocycles. The molecule has 0 bridgehead atoms. The summed E-state index contributed by atoms with van der Waals surface area (Å²) in [7, 11) is 0. The Morgan fingerprint density at radius 1 is 1.26 bits per heavy atom. The van der Waals surface area contributed by atoms with Crippen molar-refractivity contribution in [3.8, 4) is 0 Å². The number of rotatable bonds is 1. The molecule has 7 heteroatoms. The fourth-order valence-electron chi connectivity index (χ4n) is 2.04. The van der Waals surface area contributed by atoms with Crippen LogP contribution in [0.2, 0.25) is 0 Å². The van der Waals surface area contributed by atoms with Gasteiger partial charge in [-0.05, 0) is 17.7 Å². The summed E-state index contributed by atoms with van der Waals surface area (Å²) < 4.78 is 41.8. The van der Waals surface area contributed by atoms with E-state index in [1.807, 2.05) is 0 Å². The average Bonchev–Trinajstić information content (AvgIpc) is 2.78. The van der Waals surface area contributed by atoms with Crippen LogP contribution in [0.5, 0.6) is 0 Å². The fourth-order valence-corrected chi connectivity index (χ4v) is 2.04. The summed E-state index contributed by atoms with van der Waals surface area (Å²) in [5.74, 6) is 0. The number of halogens is 3. The van der Waals surface area contributed by atoms with Gasteiger partial charge in [0.1, 0.15) is 6.26 Å². The molecule has 1 aromatic carbocycles. The minimum atomic E-state index is -4.27. The van der Waals surface area contributed by atoms with E-state index in [4.69, 9.17) is 4.52 Å². The van der Waals surface area contributed by atoms with E-state index in [1.54, 1.807) is 0 Å². The summed E-state index contributed by atoms with van der Waals surface area (Å²) in [4.78, 5) is 14.2. The quantitative estimate of drug-likeness (QED) is 0.738. The molecular weight excluding hydrogens is 261 g/mol. The van der Waals surface area contributed by atoms with Crippen LogP contribution in [0, 0.1) is 0 Å². The van der Waals surface area contributed by atoms with Gasteiger partial charge in [-0.1, -0.05) is 11.2 Å².